The summed E-state index contributed by atoms with van der Waals surface area (Å²) in [4.78, 5) is 12.1. The molecule has 0 saturated carbocycles. The van der Waals surface area contributed by atoms with Crippen molar-refractivity contribution < 1.29 is 4.79 Å². The summed E-state index contributed by atoms with van der Waals surface area (Å²) in [5, 5.41) is 2.56. The van der Waals surface area contributed by atoms with Crippen LogP contribution >= 0.6 is 0 Å². The Hall–Kier alpha value is -1.55. The number of rotatable bonds is 5. The number of anilines is 1. The summed E-state index contributed by atoms with van der Waals surface area (Å²) < 4.78 is 0. The summed E-state index contributed by atoms with van der Waals surface area (Å²) in [6.45, 7) is 6.18. The first-order chi connectivity index (χ1) is 8.45. The van der Waals surface area contributed by atoms with Crippen LogP contribution in [-0.4, -0.2) is 32.0 Å². The molecular formula is C14H25N3O. The molecule has 4 heteroatoms. The minimum atomic E-state index is 0.536. The highest BCUT2D eigenvalue weighted by molar-refractivity contribution is 5.47. The summed E-state index contributed by atoms with van der Waals surface area (Å²) in [6.07, 6.45) is 0.670. The molecule has 1 aromatic carbocycles. The molecule has 3 N–H and O–H groups in total. The molecule has 0 radical (unpaired) electrons. The van der Waals surface area contributed by atoms with Crippen molar-refractivity contribution in [1.82, 2.24) is 10.2 Å². The van der Waals surface area contributed by atoms with Crippen molar-refractivity contribution >= 4 is 12.1 Å². The summed E-state index contributed by atoms with van der Waals surface area (Å²) in [6, 6.07) is 7.41. The second kappa shape index (κ2) is 9.48. The number of nitrogens with two attached hydrogens (primary N) is 1. The molecule has 0 aliphatic rings. The maximum atomic E-state index is 9.92. The molecule has 0 atom stereocenters. The average molecular weight is 251 g/mol. The Morgan fingerprint density at radius 1 is 1.39 bits per heavy atom. The molecular weight excluding hydrogens is 226 g/mol. The molecule has 1 rings (SSSR count). The number of hydrogen-bond donors (Lipinski definition) is 2. The summed E-state index contributed by atoms with van der Waals surface area (Å²) in [5.41, 5.74) is 7.24. The number of hydrogen-bond acceptors (Lipinski definition) is 3. The van der Waals surface area contributed by atoms with E-state index in [0.717, 1.165) is 17.2 Å². The highest BCUT2D eigenvalue weighted by atomic mass is 16.1. The molecule has 0 heterocycles. The van der Waals surface area contributed by atoms with Crippen molar-refractivity contribution in [2.45, 2.75) is 20.4 Å². The number of nitrogen functional groups attached to an aromatic ring is 1. The maximum absolute atomic E-state index is 9.92. The van der Waals surface area contributed by atoms with Crippen LogP contribution in [0.25, 0.3) is 0 Å². The van der Waals surface area contributed by atoms with Gasteiger partial charge in [-0.2, -0.15) is 0 Å². The van der Waals surface area contributed by atoms with Crippen molar-refractivity contribution in [2.24, 2.45) is 5.92 Å². The molecule has 0 bridgehead atoms. The normalized spacial score (nSPS) is 9.89. The van der Waals surface area contributed by atoms with Crippen molar-refractivity contribution in [3.05, 3.63) is 29.8 Å². The average Bonchev–Trinajstić information content (AvgIpc) is 2.25. The van der Waals surface area contributed by atoms with Crippen LogP contribution in [0.5, 0.6) is 0 Å². The Bertz CT molecular complexity index is 332. The largest absolute Gasteiger partial charge is 0.399 e. The van der Waals surface area contributed by atoms with Crippen LogP contribution in [0.3, 0.4) is 0 Å². The molecule has 0 aromatic heterocycles. The Kier molecular flexibility index (Phi) is 8.66. The van der Waals surface area contributed by atoms with E-state index in [1.807, 2.05) is 24.3 Å². The molecule has 102 valence electrons. The quantitative estimate of drug-likeness (QED) is 0.619. The Labute approximate surface area is 110 Å². The van der Waals surface area contributed by atoms with E-state index in [9.17, 15) is 4.79 Å². The van der Waals surface area contributed by atoms with Gasteiger partial charge in [-0.1, -0.05) is 26.0 Å². The fourth-order valence-electron chi connectivity index (χ4n) is 1.59. The number of nitrogens with one attached hydrogen (secondary N) is 1. The predicted octanol–water partition coefficient (Wildman–Crippen LogP) is 1.72. The minimum absolute atomic E-state index is 0.536. The van der Waals surface area contributed by atoms with Gasteiger partial charge in [-0.05, 0) is 44.3 Å². The Morgan fingerprint density at radius 2 is 2.06 bits per heavy atom. The molecule has 18 heavy (non-hydrogen) atoms. The van der Waals surface area contributed by atoms with Gasteiger partial charge in [0.05, 0.1) is 0 Å². The van der Waals surface area contributed by atoms with Crippen LogP contribution in [0, 0.1) is 5.92 Å². The van der Waals surface area contributed by atoms with E-state index in [4.69, 9.17) is 5.73 Å². The third kappa shape index (κ3) is 9.66. The van der Waals surface area contributed by atoms with Crippen LogP contribution < -0.4 is 11.1 Å². The van der Waals surface area contributed by atoms with E-state index in [1.165, 1.54) is 6.54 Å². The van der Waals surface area contributed by atoms with Crippen LogP contribution in [-0.2, 0) is 11.3 Å². The first kappa shape index (κ1) is 16.4. The number of carbonyl (C=O) groups excluding carboxylic acids is 1. The molecule has 1 aromatic rings. The van der Waals surface area contributed by atoms with Crippen LogP contribution in [0.2, 0.25) is 0 Å². The Morgan fingerprint density at radius 3 is 2.44 bits per heavy atom. The van der Waals surface area contributed by atoms with Crippen molar-refractivity contribution in [1.29, 1.82) is 0 Å². The second-order valence-corrected chi connectivity index (χ2v) is 4.90. The van der Waals surface area contributed by atoms with Crippen LogP contribution in [0.15, 0.2) is 24.3 Å². The van der Waals surface area contributed by atoms with E-state index < -0.39 is 0 Å². The molecule has 0 aliphatic carbocycles. The molecule has 1 amide bonds. The highest BCUT2D eigenvalue weighted by Crippen LogP contribution is 2.05. The van der Waals surface area contributed by atoms with Gasteiger partial charge in [0.2, 0.25) is 6.41 Å². The topological polar surface area (TPSA) is 58.4 Å². The fraction of sp³-hybridized carbons (Fsp3) is 0.500. The lowest BCUT2D eigenvalue weighted by atomic mass is 10.2. The summed E-state index contributed by atoms with van der Waals surface area (Å²) in [7, 11) is 4.19. The first-order valence-electron chi connectivity index (χ1n) is 6.12. The number of nitrogens with zero attached hydrogens (tertiary/aromatic N) is 1. The lowest BCUT2D eigenvalue weighted by molar-refractivity contribution is -0.109. The zero-order valence-electron chi connectivity index (χ0n) is 11.8. The van der Waals surface area contributed by atoms with E-state index in [-0.39, 0.29) is 0 Å². The molecule has 0 unspecified atom stereocenters. The van der Waals surface area contributed by atoms with Gasteiger partial charge in [0.1, 0.15) is 0 Å². The monoisotopic (exact) mass is 251 g/mol. The third-order valence-electron chi connectivity index (χ3n) is 2.07. The number of benzene rings is 1. The molecule has 0 fully saturated rings. The van der Waals surface area contributed by atoms with Gasteiger partial charge in [-0.25, -0.2) is 0 Å². The fourth-order valence-corrected chi connectivity index (χ4v) is 1.59. The van der Waals surface area contributed by atoms with Crippen LogP contribution in [0.1, 0.15) is 19.4 Å². The van der Waals surface area contributed by atoms with Crippen LogP contribution in [0.4, 0.5) is 5.69 Å². The lowest BCUT2D eigenvalue weighted by Crippen LogP contribution is -2.17. The predicted molar refractivity (Wildman–Crippen MR) is 77.2 cm³/mol. The van der Waals surface area contributed by atoms with E-state index in [0.29, 0.717) is 13.0 Å². The lowest BCUT2D eigenvalue weighted by Gasteiger charge is -2.10. The molecule has 0 aliphatic heterocycles. The minimum Gasteiger partial charge on any atom is -0.399 e. The van der Waals surface area contributed by atoms with Gasteiger partial charge in [0.25, 0.3) is 0 Å². The molecule has 0 spiro atoms. The van der Waals surface area contributed by atoms with Crippen molar-refractivity contribution in [3.63, 3.8) is 0 Å². The molecule has 4 nitrogen and oxygen atoms in total. The summed E-state index contributed by atoms with van der Waals surface area (Å²) in [5.74, 6) is 0.801. The highest BCUT2D eigenvalue weighted by Gasteiger charge is 1.92. The SMILES string of the molecule is CC(C)CN(C)C.Nc1cccc(CNC=O)c1. The van der Waals surface area contributed by atoms with Gasteiger partial charge < -0.3 is 16.0 Å². The van der Waals surface area contributed by atoms with Gasteiger partial charge in [-0.3, -0.25) is 4.79 Å². The maximum Gasteiger partial charge on any atom is 0.207 e. The van der Waals surface area contributed by atoms with Gasteiger partial charge in [0, 0.05) is 12.2 Å². The van der Waals surface area contributed by atoms with Gasteiger partial charge >= 0.3 is 0 Å². The van der Waals surface area contributed by atoms with Gasteiger partial charge in [0.15, 0.2) is 0 Å². The van der Waals surface area contributed by atoms with E-state index in [1.54, 1.807) is 0 Å². The molecule has 0 saturated heterocycles. The van der Waals surface area contributed by atoms with Crippen molar-refractivity contribution in [3.8, 4) is 0 Å². The van der Waals surface area contributed by atoms with Crippen molar-refractivity contribution in [2.75, 3.05) is 26.4 Å². The zero-order chi connectivity index (χ0) is 14.0. The zero-order valence-corrected chi connectivity index (χ0v) is 11.8. The smallest absolute Gasteiger partial charge is 0.207 e. The van der Waals surface area contributed by atoms with E-state index >= 15 is 0 Å². The van der Waals surface area contributed by atoms with Gasteiger partial charge in [-0.15, -0.1) is 0 Å². The number of carbonyl (C=O) groups is 1. The second-order valence-electron chi connectivity index (χ2n) is 4.90. The Balaban J connectivity index is 0.000000360. The first-order valence-corrected chi connectivity index (χ1v) is 6.12. The summed E-state index contributed by atoms with van der Waals surface area (Å²) >= 11 is 0. The number of amides is 1. The standard InChI is InChI=1S/C8H10N2O.C6H15N/c9-8-3-1-2-7(4-8)5-10-6-11;1-6(2)5-7(3)4/h1-4,6H,5,9H2,(H,10,11);6H,5H2,1-4H3. The van der Waals surface area contributed by atoms with E-state index in [2.05, 4.69) is 38.2 Å². The third-order valence-corrected chi connectivity index (χ3v) is 2.07.